The van der Waals surface area contributed by atoms with Gasteiger partial charge in [0.1, 0.15) is 11.5 Å². The van der Waals surface area contributed by atoms with Gasteiger partial charge >= 0.3 is 0 Å². The number of hydrogen-bond donors (Lipinski definition) is 0. The van der Waals surface area contributed by atoms with E-state index in [1.165, 1.54) is 5.69 Å². The van der Waals surface area contributed by atoms with Crippen molar-refractivity contribution in [2.24, 2.45) is 0 Å². The Labute approximate surface area is 164 Å². The predicted octanol–water partition coefficient (Wildman–Crippen LogP) is 3.62. The number of nitrogens with zero attached hydrogens (tertiary/aromatic N) is 3. The Morgan fingerprint density at radius 2 is 1.79 bits per heavy atom. The molecule has 2 aromatic heterocycles. The molecule has 1 aromatic carbocycles. The fraction of sp³-hybridized carbons (Fsp3) is 0.273. The largest absolute Gasteiger partial charge is 0.497 e. The van der Waals surface area contributed by atoms with Crippen molar-refractivity contribution >= 4 is 11.6 Å². The number of rotatable bonds is 4. The van der Waals surface area contributed by atoms with Crippen LogP contribution >= 0.6 is 0 Å². The number of carbonyl (C=O) groups is 1. The highest BCUT2D eigenvalue weighted by molar-refractivity contribution is 5.92. The highest BCUT2D eigenvalue weighted by Crippen LogP contribution is 2.26. The lowest BCUT2D eigenvalue weighted by Gasteiger charge is -2.36. The van der Waals surface area contributed by atoms with Crippen LogP contribution in [-0.4, -0.2) is 49.1 Å². The summed E-state index contributed by atoms with van der Waals surface area (Å²) in [5, 5.41) is 0. The van der Waals surface area contributed by atoms with Gasteiger partial charge < -0.3 is 19.0 Å². The van der Waals surface area contributed by atoms with Gasteiger partial charge in [-0.3, -0.25) is 9.78 Å². The van der Waals surface area contributed by atoms with E-state index in [-0.39, 0.29) is 5.91 Å². The van der Waals surface area contributed by atoms with E-state index in [9.17, 15) is 4.79 Å². The van der Waals surface area contributed by atoms with E-state index >= 15 is 0 Å². The normalized spacial score (nSPS) is 14.2. The zero-order valence-corrected chi connectivity index (χ0v) is 16.1. The van der Waals surface area contributed by atoms with Gasteiger partial charge in [-0.2, -0.15) is 0 Å². The van der Waals surface area contributed by atoms with Crippen molar-refractivity contribution < 1.29 is 13.9 Å². The number of furan rings is 1. The molecule has 0 atom stereocenters. The Kier molecular flexibility index (Phi) is 5.02. The number of methoxy groups -OCH3 is 1. The highest BCUT2D eigenvalue weighted by atomic mass is 16.5. The van der Waals surface area contributed by atoms with Gasteiger partial charge in [0, 0.05) is 49.8 Å². The number of piperazine rings is 1. The molecular weight excluding hydrogens is 354 g/mol. The summed E-state index contributed by atoms with van der Waals surface area (Å²) < 4.78 is 11.0. The Bertz CT molecular complexity index is 957. The van der Waals surface area contributed by atoms with Crippen molar-refractivity contribution in [1.82, 2.24) is 9.88 Å². The zero-order valence-electron chi connectivity index (χ0n) is 16.1. The van der Waals surface area contributed by atoms with E-state index in [0.717, 1.165) is 30.0 Å². The summed E-state index contributed by atoms with van der Waals surface area (Å²) >= 11 is 0. The van der Waals surface area contributed by atoms with Crippen LogP contribution < -0.4 is 9.64 Å². The van der Waals surface area contributed by atoms with Crippen LogP contribution in [0.2, 0.25) is 0 Å². The Morgan fingerprint density at radius 1 is 1.04 bits per heavy atom. The van der Waals surface area contributed by atoms with Crippen LogP contribution in [0.3, 0.4) is 0 Å². The number of anilines is 1. The number of carbonyl (C=O) groups excluding carboxylic acids is 1. The zero-order chi connectivity index (χ0) is 19.5. The van der Waals surface area contributed by atoms with Gasteiger partial charge in [0.2, 0.25) is 0 Å². The number of aryl methyl sites for hydroxylation is 1. The van der Waals surface area contributed by atoms with Crippen molar-refractivity contribution in [2.75, 3.05) is 38.2 Å². The van der Waals surface area contributed by atoms with E-state index in [0.29, 0.717) is 24.6 Å². The summed E-state index contributed by atoms with van der Waals surface area (Å²) in [6.45, 7) is 4.98. The van der Waals surface area contributed by atoms with Crippen LogP contribution in [-0.2, 0) is 0 Å². The fourth-order valence-corrected chi connectivity index (χ4v) is 3.49. The van der Waals surface area contributed by atoms with Crippen LogP contribution in [0.1, 0.15) is 16.1 Å². The summed E-state index contributed by atoms with van der Waals surface area (Å²) in [5.41, 5.74) is 3.25. The third-order valence-electron chi connectivity index (χ3n) is 5.09. The van der Waals surface area contributed by atoms with Gasteiger partial charge in [-0.15, -0.1) is 0 Å². The number of benzene rings is 1. The second-order valence-corrected chi connectivity index (χ2v) is 6.83. The number of aromatic nitrogens is 1. The first-order valence-electron chi connectivity index (χ1n) is 9.35. The maximum absolute atomic E-state index is 12.8. The Hall–Kier alpha value is -3.28. The summed E-state index contributed by atoms with van der Waals surface area (Å²) in [7, 11) is 1.63. The van der Waals surface area contributed by atoms with Crippen molar-refractivity contribution in [3.8, 4) is 17.1 Å². The number of amides is 1. The van der Waals surface area contributed by atoms with Crippen LogP contribution in [0, 0.1) is 6.92 Å². The molecule has 1 amide bonds. The summed E-state index contributed by atoms with van der Waals surface area (Å²) in [6, 6.07) is 13.2. The summed E-state index contributed by atoms with van der Waals surface area (Å²) in [6.07, 6.45) is 3.68. The molecule has 3 heterocycles. The van der Waals surface area contributed by atoms with Gasteiger partial charge in [-0.25, -0.2) is 0 Å². The number of hydrogen-bond acceptors (Lipinski definition) is 5. The monoisotopic (exact) mass is 377 g/mol. The molecule has 28 heavy (non-hydrogen) atoms. The highest BCUT2D eigenvalue weighted by Gasteiger charge is 2.25. The second-order valence-electron chi connectivity index (χ2n) is 6.83. The predicted molar refractivity (Wildman–Crippen MR) is 108 cm³/mol. The molecule has 0 aliphatic carbocycles. The third kappa shape index (κ3) is 3.58. The molecule has 0 unspecified atom stereocenters. The van der Waals surface area contributed by atoms with Crippen LogP contribution in [0.15, 0.2) is 59.3 Å². The molecule has 0 N–H and O–H groups in total. The Balaban J connectivity index is 1.42. The summed E-state index contributed by atoms with van der Waals surface area (Å²) in [4.78, 5) is 21.1. The van der Waals surface area contributed by atoms with Gasteiger partial charge in [0.15, 0.2) is 5.76 Å². The van der Waals surface area contributed by atoms with E-state index in [1.54, 1.807) is 13.2 Å². The fourth-order valence-electron chi connectivity index (χ4n) is 3.49. The maximum atomic E-state index is 12.8. The van der Waals surface area contributed by atoms with Gasteiger partial charge in [0.05, 0.1) is 7.11 Å². The first kappa shape index (κ1) is 18.1. The smallest absolute Gasteiger partial charge is 0.289 e. The first-order valence-corrected chi connectivity index (χ1v) is 9.35. The van der Waals surface area contributed by atoms with E-state index in [2.05, 4.69) is 16.8 Å². The average Bonchev–Trinajstić information content (AvgIpc) is 3.24. The van der Waals surface area contributed by atoms with Crippen LogP contribution in [0.5, 0.6) is 5.75 Å². The molecule has 0 spiro atoms. The second kappa shape index (κ2) is 7.76. The Morgan fingerprint density at radius 3 is 2.46 bits per heavy atom. The molecule has 4 rings (SSSR count). The molecule has 1 aliphatic rings. The standard InChI is InChI=1S/C22H23N3O3/c1-16-15-23-10-9-19(16)24-11-13-25(14-12-24)22(26)21-8-7-20(28-21)17-3-5-18(27-2)6-4-17/h3-10,15H,11-14H2,1-2H3. The van der Waals surface area contributed by atoms with E-state index < -0.39 is 0 Å². The van der Waals surface area contributed by atoms with Gasteiger partial charge in [0.25, 0.3) is 5.91 Å². The first-order chi connectivity index (χ1) is 13.7. The molecule has 1 fully saturated rings. The molecule has 6 heteroatoms. The quantitative estimate of drug-likeness (QED) is 0.695. The molecule has 6 nitrogen and oxygen atoms in total. The lowest BCUT2D eigenvalue weighted by atomic mass is 10.2. The third-order valence-corrected chi connectivity index (χ3v) is 5.09. The van der Waals surface area contributed by atoms with Crippen molar-refractivity contribution in [3.63, 3.8) is 0 Å². The van der Waals surface area contributed by atoms with Crippen LogP contribution in [0.4, 0.5) is 5.69 Å². The molecule has 0 radical (unpaired) electrons. The molecule has 0 saturated carbocycles. The minimum absolute atomic E-state index is 0.0640. The molecule has 144 valence electrons. The van der Waals surface area contributed by atoms with Crippen molar-refractivity contribution in [1.29, 1.82) is 0 Å². The van der Waals surface area contributed by atoms with E-state index in [1.807, 2.05) is 53.7 Å². The average molecular weight is 377 g/mol. The molecule has 1 aliphatic heterocycles. The van der Waals surface area contributed by atoms with E-state index in [4.69, 9.17) is 9.15 Å². The lowest BCUT2D eigenvalue weighted by Crippen LogP contribution is -2.48. The van der Waals surface area contributed by atoms with Crippen molar-refractivity contribution in [3.05, 3.63) is 66.2 Å². The molecule has 0 bridgehead atoms. The molecular formula is C22H23N3O3. The van der Waals surface area contributed by atoms with Crippen molar-refractivity contribution in [2.45, 2.75) is 6.92 Å². The summed E-state index contributed by atoms with van der Waals surface area (Å²) in [5.74, 6) is 1.77. The van der Waals surface area contributed by atoms with Gasteiger partial charge in [-0.05, 0) is 55.0 Å². The lowest BCUT2D eigenvalue weighted by molar-refractivity contribution is 0.0715. The molecule has 3 aromatic rings. The SMILES string of the molecule is COc1ccc(-c2ccc(C(=O)N3CCN(c4ccncc4C)CC3)o2)cc1. The van der Waals surface area contributed by atoms with Crippen LogP contribution in [0.25, 0.3) is 11.3 Å². The molecule has 1 saturated heterocycles. The van der Waals surface area contributed by atoms with Gasteiger partial charge in [-0.1, -0.05) is 0 Å². The maximum Gasteiger partial charge on any atom is 0.289 e. The topological polar surface area (TPSA) is 58.8 Å². The number of ether oxygens (including phenoxy) is 1. The minimum Gasteiger partial charge on any atom is -0.497 e. The minimum atomic E-state index is -0.0640. The number of pyridine rings is 1.